The minimum Gasteiger partial charge on any atom is -0.466 e. The van der Waals surface area contributed by atoms with Gasteiger partial charge in [0.15, 0.2) is 6.10 Å². The Morgan fingerprint density at radius 2 is 1.58 bits per heavy atom. The van der Waals surface area contributed by atoms with E-state index in [0.717, 1.165) is 14.2 Å². The van der Waals surface area contributed by atoms with Gasteiger partial charge in [0.05, 0.1) is 19.6 Å². The molecule has 8 nitrogen and oxygen atoms in total. The summed E-state index contributed by atoms with van der Waals surface area (Å²) in [6.07, 6.45) is -1.85. The first-order valence-electron chi connectivity index (χ1n) is 5.64. The first-order chi connectivity index (χ1) is 8.92. The number of hydrogen-bond donors (Lipinski definition) is 0. The van der Waals surface area contributed by atoms with Crippen LogP contribution in [-0.4, -0.2) is 45.5 Å². The van der Waals surface area contributed by atoms with Gasteiger partial charge in [-0.05, 0) is 13.8 Å². The Bertz CT molecular complexity index is 334. The molecule has 0 aliphatic heterocycles. The topological polar surface area (TPSA) is 97.4 Å². The molecule has 9 heteroatoms. The van der Waals surface area contributed by atoms with Gasteiger partial charge in [-0.15, -0.1) is 0 Å². The van der Waals surface area contributed by atoms with Gasteiger partial charge in [0, 0.05) is 14.2 Å². The van der Waals surface area contributed by atoms with E-state index in [1.165, 1.54) is 0 Å². The second-order valence-corrected chi connectivity index (χ2v) is 5.00. The third kappa shape index (κ3) is 6.68. The van der Waals surface area contributed by atoms with Gasteiger partial charge in [0.25, 0.3) is 0 Å². The smallest absolute Gasteiger partial charge is 0.466 e. The number of phosphoric ester groups is 1. The van der Waals surface area contributed by atoms with Gasteiger partial charge in [0.1, 0.15) is 0 Å². The van der Waals surface area contributed by atoms with Crippen molar-refractivity contribution in [2.24, 2.45) is 0 Å². The highest BCUT2D eigenvalue weighted by Gasteiger charge is 2.35. The number of rotatable bonds is 9. The van der Waals surface area contributed by atoms with E-state index in [1.54, 1.807) is 13.8 Å². The van der Waals surface area contributed by atoms with Crippen LogP contribution in [0.2, 0.25) is 0 Å². The Morgan fingerprint density at radius 1 is 1.05 bits per heavy atom. The van der Waals surface area contributed by atoms with Crippen LogP contribution in [0.4, 0.5) is 0 Å². The molecule has 0 aromatic heterocycles. The van der Waals surface area contributed by atoms with Crippen LogP contribution >= 0.6 is 7.82 Å². The first-order valence-corrected chi connectivity index (χ1v) is 7.10. The van der Waals surface area contributed by atoms with E-state index in [1.807, 2.05) is 0 Å². The summed E-state index contributed by atoms with van der Waals surface area (Å²) in [6, 6.07) is 0. The van der Waals surface area contributed by atoms with Crippen molar-refractivity contribution in [1.82, 2.24) is 0 Å². The first kappa shape index (κ1) is 18.0. The highest BCUT2D eigenvalue weighted by molar-refractivity contribution is 7.48. The molecule has 19 heavy (non-hydrogen) atoms. The van der Waals surface area contributed by atoms with Crippen LogP contribution in [0.25, 0.3) is 0 Å². The standard InChI is InChI=1S/C10H19O8P/c1-5-16-9(11)7-8(10(12)17-6-2)18-19(13,14-3)15-4/h8H,5-7H2,1-4H3. The lowest BCUT2D eigenvalue weighted by Gasteiger charge is -2.19. The van der Waals surface area contributed by atoms with Crippen LogP contribution in [-0.2, 0) is 37.2 Å². The molecular formula is C10H19O8P. The average Bonchev–Trinajstić information content (AvgIpc) is 2.38. The molecule has 0 saturated heterocycles. The summed E-state index contributed by atoms with van der Waals surface area (Å²) in [7, 11) is -1.71. The fraction of sp³-hybridized carbons (Fsp3) is 0.800. The Hall–Kier alpha value is -0.950. The van der Waals surface area contributed by atoms with Crippen LogP contribution in [0.3, 0.4) is 0 Å². The van der Waals surface area contributed by atoms with Crippen molar-refractivity contribution in [1.29, 1.82) is 0 Å². The molecule has 0 aliphatic carbocycles. The average molecular weight is 298 g/mol. The molecule has 0 spiro atoms. The summed E-state index contributed by atoms with van der Waals surface area (Å²) in [5, 5.41) is 0. The molecule has 0 aromatic carbocycles. The van der Waals surface area contributed by atoms with Crippen molar-refractivity contribution in [3.05, 3.63) is 0 Å². The molecule has 1 atom stereocenters. The minimum atomic E-state index is -3.90. The molecule has 0 heterocycles. The van der Waals surface area contributed by atoms with Crippen LogP contribution in [0.5, 0.6) is 0 Å². The second-order valence-electron chi connectivity index (χ2n) is 3.17. The van der Waals surface area contributed by atoms with Gasteiger partial charge in [-0.2, -0.15) is 0 Å². The van der Waals surface area contributed by atoms with Gasteiger partial charge in [-0.1, -0.05) is 0 Å². The molecule has 0 saturated carbocycles. The van der Waals surface area contributed by atoms with Gasteiger partial charge >= 0.3 is 19.8 Å². The Labute approximate surface area is 111 Å². The second kappa shape index (κ2) is 9.03. The zero-order chi connectivity index (χ0) is 14.9. The summed E-state index contributed by atoms with van der Waals surface area (Å²) < 4.78 is 35.2. The zero-order valence-electron chi connectivity index (χ0n) is 11.4. The van der Waals surface area contributed by atoms with Gasteiger partial charge in [-0.3, -0.25) is 18.4 Å². The van der Waals surface area contributed by atoms with E-state index in [-0.39, 0.29) is 13.2 Å². The maximum Gasteiger partial charge on any atom is 0.475 e. The van der Waals surface area contributed by atoms with Crippen molar-refractivity contribution in [2.75, 3.05) is 27.4 Å². The number of phosphoric acid groups is 1. The highest BCUT2D eigenvalue weighted by atomic mass is 31.2. The van der Waals surface area contributed by atoms with Crippen molar-refractivity contribution >= 4 is 19.8 Å². The Morgan fingerprint density at radius 3 is 2.00 bits per heavy atom. The van der Waals surface area contributed by atoms with Gasteiger partial charge in [0.2, 0.25) is 0 Å². The van der Waals surface area contributed by atoms with Crippen molar-refractivity contribution < 1.29 is 37.2 Å². The van der Waals surface area contributed by atoms with Gasteiger partial charge < -0.3 is 9.47 Å². The molecule has 0 bridgehead atoms. The predicted octanol–water partition coefficient (Wildman–Crippen LogP) is 1.29. The molecular weight excluding hydrogens is 279 g/mol. The van der Waals surface area contributed by atoms with Crippen LogP contribution in [0.1, 0.15) is 20.3 Å². The van der Waals surface area contributed by atoms with E-state index in [4.69, 9.17) is 9.26 Å². The molecule has 0 N–H and O–H groups in total. The molecule has 1 unspecified atom stereocenters. The van der Waals surface area contributed by atoms with Crippen LogP contribution < -0.4 is 0 Å². The summed E-state index contributed by atoms with van der Waals surface area (Å²) in [5.74, 6) is -1.52. The quantitative estimate of drug-likeness (QED) is 0.464. The van der Waals surface area contributed by atoms with E-state index in [9.17, 15) is 14.2 Å². The summed E-state index contributed by atoms with van der Waals surface area (Å²) in [5.41, 5.74) is 0. The number of carbonyl (C=O) groups excluding carboxylic acids is 2. The van der Waals surface area contributed by atoms with E-state index < -0.39 is 32.3 Å². The predicted molar refractivity (Wildman–Crippen MR) is 64.4 cm³/mol. The van der Waals surface area contributed by atoms with Crippen molar-refractivity contribution in [2.45, 2.75) is 26.4 Å². The molecule has 112 valence electrons. The SMILES string of the molecule is CCOC(=O)CC(OP(=O)(OC)OC)C(=O)OCC. The normalized spacial score (nSPS) is 12.8. The molecule has 0 aliphatic rings. The third-order valence-corrected chi connectivity index (χ3v) is 3.32. The Balaban J connectivity index is 4.81. The highest BCUT2D eigenvalue weighted by Crippen LogP contribution is 2.49. The molecule has 0 radical (unpaired) electrons. The molecule has 0 fully saturated rings. The number of hydrogen-bond acceptors (Lipinski definition) is 8. The molecule has 0 aromatic rings. The van der Waals surface area contributed by atoms with E-state index in [0.29, 0.717) is 0 Å². The number of ether oxygens (including phenoxy) is 2. The van der Waals surface area contributed by atoms with E-state index >= 15 is 0 Å². The van der Waals surface area contributed by atoms with Crippen molar-refractivity contribution in [3.8, 4) is 0 Å². The summed E-state index contributed by atoms with van der Waals surface area (Å²) >= 11 is 0. The third-order valence-electron chi connectivity index (χ3n) is 1.91. The van der Waals surface area contributed by atoms with Crippen LogP contribution in [0.15, 0.2) is 0 Å². The fourth-order valence-electron chi connectivity index (χ4n) is 1.09. The van der Waals surface area contributed by atoms with Gasteiger partial charge in [-0.25, -0.2) is 9.36 Å². The lowest BCUT2D eigenvalue weighted by Crippen LogP contribution is -2.29. The molecule has 0 rings (SSSR count). The number of carbonyl (C=O) groups is 2. The minimum absolute atomic E-state index is 0.0891. The maximum absolute atomic E-state index is 11.8. The lowest BCUT2D eigenvalue weighted by molar-refractivity contribution is -0.159. The lowest BCUT2D eigenvalue weighted by atomic mass is 10.2. The van der Waals surface area contributed by atoms with E-state index in [2.05, 4.69) is 13.8 Å². The van der Waals surface area contributed by atoms with Crippen molar-refractivity contribution in [3.63, 3.8) is 0 Å². The number of esters is 2. The summed E-state index contributed by atoms with van der Waals surface area (Å²) in [6.45, 7) is 3.45. The maximum atomic E-state index is 11.8. The fourth-order valence-corrected chi connectivity index (χ4v) is 1.88. The monoisotopic (exact) mass is 298 g/mol. The molecule has 0 amide bonds. The van der Waals surface area contributed by atoms with Crippen LogP contribution in [0, 0.1) is 0 Å². The summed E-state index contributed by atoms with van der Waals surface area (Å²) in [4.78, 5) is 22.9. The zero-order valence-corrected chi connectivity index (χ0v) is 12.3. The largest absolute Gasteiger partial charge is 0.475 e. The Kier molecular flexibility index (Phi) is 8.58.